The molecule has 0 amide bonds. The van der Waals surface area contributed by atoms with Crippen LogP contribution in [0.2, 0.25) is 0 Å². The van der Waals surface area contributed by atoms with Gasteiger partial charge in [0.25, 0.3) is 0 Å². The van der Waals surface area contributed by atoms with E-state index in [1.807, 2.05) is 43.4 Å². The molecule has 2 nitrogen and oxygen atoms in total. The van der Waals surface area contributed by atoms with Crippen molar-refractivity contribution < 1.29 is 0 Å². The average Bonchev–Trinajstić information content (AvgIpc) is 2.84. The van der Waals surface area contributed by atoms with Crippen molar-refractivity contribution in [1.29, 1.82) is 0 Å². The fourth-order valence-corrected chi connectivity index (χ4v) is 3.71. The lowest BCUT2D eigenvalue weighted by Crippen LogP contribution is -2.01. The third-order valence-corrected chi connectivity index (χ3v) is 5.34. The SMILES string of the molecule is C=C/C=C(\C=C/C)c1cc(C)cc(-c2cc(/C(=C/C)CCC)nc(C(=C)/C=C\C=C/CC)n2)c1. The summed E-state index contributed by atoms with van der Waals surface area (Å²) in [5, 5.41) is 0. The molecule has 0 radical (unpaired) electrons. The summed E-state index contributed by atoms with van der Waals surface area (Å²) < 4.78 is 0. The minimum absolute atomic E-state index is 0.655. The van der Waals surface area contributed by atoms with Gasteiger partial charge in [-0.1, -0.05) is 94.2 Å². The van der Waals surface area contributed by atoms with Gasteiger partial charge in [0.1, 0.15) is 0 Å². The van der Waals surface area contributed by atoms with Gasteiger partial charge in [-0.05, 0) is 74.1 Å². The molecule has 1 aromatic carbocycles. The number of hydrogen-bond donors (Lipinski definition) is 0. The molecular weight excluding hydrogens is 412 g/mol. The van der Waals surface area contributed by atoms with Gasteiger partial charge in [-0.15, -0.1) is 0 Å². The van der Waals surface area contributed by atoms with E-state index in [1.165, 1.54) is 11.1 Å². The van der Waals surface area contributed by atoms with Gasteiger partial charge >= 0.3 is 0 Å². The Bertz CT molecular complexity index is 1150. The van der Waals surface area contributed by atoms with Crippen molar-refractivity contribution in [3.63, 3.8) is 0 Å². The molecule has 0 N–H and O–H groups in total. The average molecular weight is 451 g/mol. The molecule has 2 rings (SSSR count). The molecule has 1 aromatic heterocycles. The maximum atomic E-state index is 4.94. The summed E-state index contributed by atoms with van der Waals surface area (Å²) in [6.45, 7) is 18.7. The van der Waals surface area contributed by atoms with Crippen molar-refractivity contribution in [2.24, 2.45) is 0 Å². The smallest absolute Gasteiger partial charge is 0.159 e. The number of benzene rings is 1. The predicted molar refractivity (Wildman–Crippen MR) is 151 cm³/mol. The molecule has 0 spiro atoms. The number of aryl methyl sites for hydroxylation is 1. The Kier molecular flexibility index (Phi) is 10.9. The first-order valence-electron chi connectivity index (χ1n) is 12.1. The van der Waals surface area contributed by atoms with Crippen molar-refractivity contribution in [3.8, 4) is 11.3 Å². The van der Waals surface area contributed by atoms with Crippen LogP contribution in [-0.4, -0.2) is 9.97 Å². The minimum atomic E-state index is 0.655. The summed E-state index contributed by atoms with van der Waals surface area (Å²) in [5.74, 6) is 0.655. The van der Waals surface area contributed by atoms with Crippen LogP contribution in [0.4, 0.5) is 0 Å². The first-order valence-corrected chi connectivity index (χ1v) is 12.1. The van der Waals surface area contributed by atoms with Crippen LogP contribution >= 0.6 is 0 Å². The molecule has 0 saturated heterocycles. The van der Waals surface area contributed by atoms with Crippen molar-refractivity contribution in [3.05, 3.63) is 115 Å². The second-order valence-electron chi connectivity index (χ2n) is 8.19. The fourth-order valence-electron chi connectivity index (χ4n) is 3.71. The molecule has 0 aliphatic heterocycles. The summed E-state index contributed by atoms with van der Waals surface area (Å²) in [7, 11) is 0. The molecule has 1 heterocycles. The Morgan fingerprint density at radius 1 is 1.00 bits per heavy atom. The summed E-state index contributed by atoms with van der Waals surface area (Å²) in [6, 6.07) is 8.67. The van der Waals surface area contributed by atoms with Gasteiger partial charge in [-0.3, -0.25) is 0 Å². The van der Waals surface area contributed by atoms with E-state index in [2.05, 4.69) is 83.3 Å². The van der Waals surface area contributed by atoms with Gasteiger partial charge in [0.05, 0.1) is 11.4 Å². The van der Waals surface area contributed by atoms with Crippen molar-refractivity contribution >= 4 is 16.7 Å². The van der Waals surface area contributed by atoms with Crippen LogP contribution in [0.3, 0.4) is 0 Å². The van der Waals surface area contributed by atoms with E-state index in [9.17, 15) is 0 Å². The van der Waals surface area contributed by atoms with Crippen LogP contribution in [0.15, 0.2) is 92.1 Å². The monoisotopic (exact) mass is 450 g/mol. The second-order valence-corrected chi connectivity index (χ2v) is 8.19. The van der Waals surface area contributed by atoms with Gasteiger partial charge in [-0.25, -0.2) is 9.97 Å². The number of nitrogens with zero attached hydrogens (tertiary/aromatic N) is 2. The van der Waals surface area contributed by atoms with E-state index in [4.69, 9.17) is 9.97 Å². The summed E-state index contributed by atoms with van der Waals surface area (Å²) >= 11 is 0. The summed E-state index contributed by atoms with van der Waals surface area (Å²) in [4.78, 5) is 9.84. The highest BCUT2D eigenvalue weighted by Crippen LogP contribution is 2.29. The lowest BCUT2D eigenvalue weighted by Gasteiger charge is -2.13. The van der Waals surface area contributed by atoms with Crippen molar-refractivity contribution in [1.82, 2.24) is 9.97 Å². The zero-order valence-corrected chi connectivity index (χ0v) is 21.4. The van der Waals surface area contributed by atoms with Gasteiger partial charge < -0.3 is 0 Å². The maximum absolute atomic E-state index is 4.94. The van der Waals surface area contributed by atoms with E-state index >= 15 is 0 Å². The second kappa shape index (κ2) is 13.9. The third kappa shape index (κ3) is 7.52. The molecule has 0 aliphatic carbocycles. The van der Waals surface area contributed by atoms with Crippen LogP contribution in [0.5, 0.6) is 0 Å². The van der Waals surface area contributed by atoms with Crippen LogP contribution in [0.25, 0.3) is 28.0 Å². The number of aromatic nitrogens is 2. The first-order chi connectivity index (χ1) is 16.5. The molecule has 0 bridgehead atoms. The van der Waals surface area contributed by atoms with Crippen LogP contribution < -0.4 is 0 Å². The van der Waals surface area contributed by atoms with Gasteiger partial charge in [0.2, 0.25) is 0 Å². The first kappa shape index (κ1) is 26.7. The molecule has 0 atom stereocenters. The van der Waals surface area contributed by atoms with E-state index in [0.717, 1.165) is 52.9 Å². The Hall–Kier alpha value is -3.52. The summed E-state index contributed by atoms with van der Waals surface area (Å²) in [5.41, 5.74) is 8.38. The summed E-state index contributed by atoms with van der Waals surface area (Å²) in [6.07, 6.45) is 21.3. The quantitative estimate of drug-likeness (QED) is 0.319. The highest BCUT2D eigenvalue weighted by Gasteiger charge is 2.12. The molecule has 176 valence electrons. The third-order valence-electron chi connectivity index (χ3n) is 5.34. The van der Waals surface area contributed by atoms with E-state index in [0.29, 0.717) is 5.82 Å². The molecule has 2 heteroatoms. The molecule has 0 aliphatic rings. The highest BCUT2D eigenvalue weighted by molar-refractivity contribution is 5.80. The molecule has 0 saturated carbocycles. The maximum Gasteiger partial charge on any atom is 0.159 e. The zero-order chi connectivity index (χ0) is 24.9. The number of rotatable bonds is 11. The fraction of sp³-hybridized carbons (Fsp3) is 0.250. The van der Waals surface area contributed by atoms with Crippen molar-refractivity contribution in [2.75, 3.05) is 0 Å². The van der Waals surface area contributed by atoms with Gasteiger partial charge in [0, 0.05) is 11.1 Å². The van der Waals surface area contributed by atoms with Crippen molar-refractivity contribution in [2.45, 2.75) is 53.9 Å². The topological polar surface area (TPSA) is 25.8 Å². The van der Waals surface area contributed by atoms with Crippen LogP contribution in [-0.2, 0) is 0 Å². The highest BCUT2D eigenvalue weighted by atomic mass is 14.9. The Balaban J connectivity index is 2.69. The van der Waals surface area contributed by atoms with E-state index < -0.39 is 0 Å². The lowest BCUT2D eigenvalue weighted by molar-refractivity contribution is 0.958. The van der Waals surface area contributed by atoms with E-state index in [-0.39, 0.29) is 0 Å². The van der Waals surface area contributed by atoms with Gasteiger partial charge in [-0.2, -0.15) is 0 Å². The molecule has 34 heavy (non-hydrogen) atoms. The van der Waals surface area contributed by atoms with Gasteiger partial charge in [0.15, 0.2) is 5.82 Å². The number of allylic oxidation sites excluding steroid dienone is 12. The normalized spacial score (nSPS) is 12.9. The van der Waals surface area contributed by atoms with Crippen LogP contribution in [0, 0.1) is 6.92 Å². The molecular formula is C32H38N2. The minimum Gasteiger partial charge on any atom is -0.228 e. The predicted octanol–water partition coefficient (Wildman–Crippen LogP) is 9.34. The Morgan fingerprint density at radius 3 is 2.44 bits per heavy atom. The largest absolute Gasteiger partial charge is 0.228 e. The Labute approximate surface area is 206 Å². The molecule has 0 unspecified atom stereocenters. The standard InChI is InChI=1S/C32H38N2/c1-8-13-14-15-19-25(7)32-33-30(26(12-5)16-9-2)23-31(34-32)29-21-24(6)20-28(22-29)27(17-10-3)18-11-4/h10-15,17-23H,3,7-9,16H2,1-2,4-6H3/b14-13-,18-11-,19-15-,26-12+,27-17+. The molecule has 0 fully saturated rings. The molecule has 2 aromatic rings. The zero-order valence-electron chi connectivity index (χ0n) is 21.4. The Morgan fingerprint density at radius 2 is 1.79 bits per heavy atom. The van der Waals surface area contributed by atoms with E-state index in [1.54, 1.807) is 0 Å². The lowest BCUT2D eigenvalue weighted by atomic mass is 9.97. The number of hydrogen-bond acceptors (Lipinski definition) is 2. The van der Waals surface area contributed by atoms with Crippen LogP contribution in [0.1, 0.15) is 69.6 Å².